The lowest BCUT2D eigenvalue weighted by atomic mass is 10.2. The van der Waals surface area contributed by atoms with Crippen LogP contribution in [0.25, 0.3) is 5.65 Å². The van der Waals surface area contributed by atoms with Gasteiger partial charge in [-0.05, 0) is 19.1 Å². The lowest BCUT2D eigenvalue weighted by Gasteiger charge is -2.12. The van der Waals surface area contributed by atoms with E-state index in [4.69, 9.17) is 0 Å². The SMILES string of the molecule is COC(=O)CC(C)Nc1ccc2n[nH]c(=O)n2n1. The third-order valence-corrected chi connectivity index (χ3v) is 2.37. The van der Waals surface area contributed by atoms with Crippen molar-refractivity contribution >= 4 is 17.4 Å². The Morgan fingerprint density at radius 2 is 2.39 bits per heavy atom. The van der Waals surface area contributed by atoms with Crippen molar-refractivity contribution in [2.24, 2.45) is 0 Å². The number of aromatic amines is 1. The summed E-state index contributed by atoms with van der Waals surface area (Å²) in [5.74, 6) is 0.180. The normalized spacial score (nSPS) is 12.3. The van der Waals surface area contributed by atoms with E-state index in [2.05, 4.69) is 25.3 Å². The Hall–Kier alpha value is -2.38. The van der Waals surface area contributed by atoms with Gasteiger partial charge >= 0.3 is 11.7 Å². The summed E-state index contributed by atoms with van der Waals surface area (Å²) in [4.78, 5) is 22.4. The van der Waals surface area contributed by atoms with Gasteiger partial charge in [-0.3, -0.25) is 4.79 Å². The molecule has 0 aromatic carbocycles. The van der Waals surface area contributed by atoms with E-state index in [0.29, 0.717) is 11.5 Å². The lowest BCUT2D eigenvalue weighted by Crippen LogP contribution is -2.22. The molecule has 1 unspecified atom stereocenters. The molecular weight excluding hydrogens is 238 g/mol. The zero-order valence-electron chi connectivity index (χ0n) is 10.0. The minimum Gasteiger partial charge on any atom is -0.469 e. The summed E-state index contributed by atoms with van der Waals surface area (Å²) in [5.41, 5.74) is 0.0282. The van der Waals surface area contributed by atoms with Gasteiger partial charge in [-0.2, -0.15) is 9.61 Å². The maximum atomic E-state index is 11.3. The van der Waals surface area contributed by atoms with Crippen LogP contribution in [-0.2, 0) is 9.53 Å². The van der Waals surface area contributed by atoms with Gasteiger partial charge in [0, 0.05) is 6.04 Å². The molecule has 2 heterocycles. The third-order valence-electron chi connectivity index (χ3n) is 2.37. The fourth-order valence-corrected chi connectivity index (χ4v) is 1.52. The van der Waals surface area contributed by atoms with Crippen molar-refractivity contribution in [1.29, 1.82) is 0 Å². The zero-order chi connectivity index (χ0) is 13.1. The average Bonchev–Trinajstić information content (AvgIpc) is 2.71. The molecule has 1 atom stereocenters. The van der Waals surface area contributed by atoms with Gasteiger partial charge in [0.15, 0.2) is 5.65 Å². The summed E-state index contributed by atoms with van der Waals surface area (Å²) < 4.78 is 5.71. The lowest BCUT2D eigenvalue weighted by molar-refractivity contribution is -0.140. The number of aromatic nitrogens is 4. The smallest absolute Gasteiger partial charge is 0.364 e. The van der Waals surface area contributed by atoms with E-state index in [-0.39, 0.29) is 18.4 Å². The fourth-order valence-electron chi connectivity index (χ4n) is 1.52. The number of carbonyl (C=O) groups is 1. The Morgan fingerprint density at radius 3 is 3.11 bits per heavy atom. The molecule has 2 aromatic rings. The van der Waals surface area contributed by atoms with Gasteiger partial charge in [0.2, 0.25) is 0 Å². The van der Waals surface area contributed by atoms with Crippen molar-refractivity contribution in [2.75, 3.05) is 12.4 Å². The number of rotatable bonds is 4. The van der Waals surface area contributed by atoms with Gasteiger partial charge in [0.1, 0.15) is 5.82 Å². The van der Waals surface area contributed by atoms with E-state index in [1.54, 1.807) is 12.1 Å². The molecule has 0 fully saturated rings. The molecule has 0 aliphatic rings. The first-order chi connectivity index (χ1) is 8.60. The predicted molar refractivity (Wildman–Crippen MR) is 63.3 cm³/mol. The Balaban J connectivity index is 2.14. The third kappa shape index (κ3) is 2.47. The standard InChI is InChI=1S/C10H13N5O3/c1-6(5-9(16)18-2)11-7-3-4-8-12-13-10(17)15(8)14-7/h3-4,6H,5H2,1-2H3,(H,11,14)(H,13,17). The number of ether oxygens (including phenoxy) is 1. The number of esters is 1. The number of nitrogens with zero attached hydrogens (tertiary/aromatic N) is 3. The summed E-state index contributed by atoms with van der Waals surface area (Å²) in [6.45, 7) is 1.82. The van der Waals surface area contributed by atoms with Crippen LogP contribution in [0, 0.1) is 0 Å². The molecule has 2 aromatic heterocycles. The topological polar surface area (TPSA) is 101 Å². The molecule has 0 amide bonds. The number of anilines is 1. The molecule has 0 aliphatic carbocycles. The molecule has 0 bridgehead atoms. The first-order valence-electron chi connectivity index (χ1n) is 5.38. The second-order valence-corrected chi connectivity index (χ2v) is 3.84. The van der Waals surface area contributed by atoms with E-state index < -0.39 is 5.69 Å². The second kappa shape index (κ2) is 4.86. The molecule has 18 heavy (non-hydrogen) atoms. The first-order valence-corrected chi connectivity index (χ1v) is 5.38. The Kier molecular flexibility index (Phi) is 3.26. The zero-order valence-corrected chi connectivity index (χ0v) is 10.0. The summed E-state index contributed by atoms with van der Waals surface area (Å²) in [7, 11) is 1.34. The first kappa shape index (κ1) is 12.1. The van der Waals surface area contributed by atoms with Gasteiger partial charge in [0.25, 0.3) is 0 Å². The van der Waals surface area contributed by atoms with Crippen LogP contribution < -0.4 is 11.0 Å². The Bertz CT molecular complexity index is 617. The highest BCUT2D eigenvalue weighted by Gasteiger charge is 2.10. The molecule has 8 heteroatoms. The van der Waals surface area contributed by atoms with Crippen molar-refractivity contribution in [3.63, 3.8) is 0 Å². The highest BCUT2D eigenvalue weighted by molar-refractivity contribution is 5.70. The van der Waals surface area contributed by atoms with E-state index in [1.165, 1.54) is 7.11 Å². The molecule has 8 nitrogen and oxygen atoms in total. The Morgan fingerprint density at radius 1 is 1.61 bits per heavy atom. The number of carbonyl (C=O) groups excluding carboxylic acids is 1. The number of H-pyrrole nitrogens is 1. The molecule has 0 aliphatic heterocycles. The van der Waals surface area contributed by atoms with Crippen LogP contribution >= 0.6 is 0 Å². The maximum Gasteiger partial charge on any atom is 0.364 e. The van der Waals surface area contributed by atoms with Gasteiger partial charge < -0.3 is 10.1 Å². The molecular formula is C10H13N5O3. The van der Waals surface area contributed by atoms with Crippen LogP contribution in [0.1, 0.15) is 13.3 Å². The summed E-state index contributed by atoms with van der Waals surface area (Å²) in [6, 6.07) is 3.19. The summed E-state index contributed by atoms with van der Waals surface area (Å²) >= 11 is 0. The number of fused-ring (bicyclic) bond motifs is 1. The van der Waals surface area contributed by atoms with Crippen LogP contribution in [0.15, 0.2) is 16.9 Å². The highest BCUT2D eigenvalue weighted by Crippen LogP contribution is 2.06. The number of hydrogen-bond acceptors (Lipinski definition) is 6. The molecule has 0 radical (unpaired) electrons. The molecule has 2 rings (SSSR count). The van der Waals surface area contributed by atoms with Crippen molar-refractivity contribution in [1.82, 2.24) is 19.8 Å². The molecule has 96 valence electrons. The summed E-state index contributed by atoms with van der Waals surface area (Å²) in [6.07, 6.45) is 0.219. The van der Waals surface area contributed by atoms with Crippen LogP contribution in [0.4, 0.5) is 5.82 Å². The Labute approximate surface area is 102 Å². The summed E-state index contributed by atoms with van der Waals surface area (Å²) in [5, 5.41) is 13.1. The molecule has 2 N–H and O–H groups in total. The van der Waals surface area contributed by atoms with Crippen molar-refractivity contribution < 1.29 is 9.53 Å². The van der Waals surface area contributed by atoms with E-state index in [9.17, 15) is 9.59 Å². The van der Waals surface area contributed by atoms with Gasteiger partial charge in [-0.1, -0.05) is 0 Å². The maximum absolute atomic E-state index is 11.3. The predicted octanol–water partition coefficient (Wildman–Crippen LogP) is -0.219. The number of nitrogens with one attached hydrogen (secondary N) is 2. The highest BCUT2D eigenvalue weighted by atomic mass is 16.5. The van der Waals surface area contributed by atoms with E-state index >= 15 is 0 Å². The largest absolute Gasteiger partial charge is 0.469 e. The minimum absolute atomic E-state index is 0.148. The quantitative estimate of drug-likeness (QED) is 0.728. The van der Waals surface area contributed by atoms with Crippen LogP contribution in [0.5, 0.6) is 0 Å². The van der Waals surface area contributed by atoms with Gasteiger partial charge in [0.05, 0.1) is 13.5 Å². The number of hydrogen-bond donors (Lipinski definition) is 2. The van der Waals surface area contributed by atoms with E-state index in [1.807, 2.05) is 6.92 Å². The molecule has 0 spiro atoms. The minimum atomic E-state index is -0.408. The molecule has 0 saturated carbocycles. The van der Waals surface area contributed by atoms with Crippen molar-refractivity contribution in [3.8, 4) is 0 Å². The monoisotopic (exact) mass is 251 g/mol. The fraction of sp³-hybridized carbons (Fsp3) is 0.400. The van der Waals surface area contributed by atoms with Crippen LogP contribution in [0.2, 0.25) is 0 Å². The van der Waals surface area contributed by atoms with Crippen molar-refractivity contribution in [3.05, 3.63) is 22.6 Å². The van der Waals surface area contributed by atoms with Crippen molar-refractivity contribution in [2.45, 2.75) is 19.4 Å². The second-order valence-electron chi connectivity index (χ2n) is 3.84. The van der Waals surface area contributed by atoms with Gasteiger partial charge in [-0.15, -0.1) is 5.10 Å². The van der Waals surface area contributed by atoms with Crippen LogP contribution in [-0.4, -0.2) is 38.9 Å². The average molecular weight is 251 g/mol. The van der Waals surface area contributed by atoms with E-state index in [0.717, 1.165) is 4.52 Å². The number of methoxy groups -OCH3 is 1. The molecule has 0 saturated heterocycles. The van der Waals surface area contributed by atoms with Crippen LogP contribution in [0.3, 0.4) is 0 Å². The van der Waals surface area contributed by atoms with Gasteiger partial charge in [-0.25, -0.2) is 9.89 Å².